The Morgan fingerprint density at radius 1 is 1.47 bits per heavy atom. The lowest BCUT2D eigenvalue weighted by atomic mass is 10.5. The molecule has 0 saturated carbocycles. The summed E-state index contributed by atoms with van der Waals surface area (Å²) >= 11 is 0. The van der Waals surface area contributed by atoms with Crippen molar-refractivity contribution in [3.05, 3.63) is 0 Å². The van der Waals surface area contributed by atoms with Crippen LogP contribution in [-0.4, -0.2) is 64.3 Å². The average Bonchev–Trinajstić information content (AvgIpc) is 2.30. The van der Waals surface area contributed by atoms with Gasteiger partial charge in [-0.15, -0.1) is 24.0 Å². The molecule has 1 aliphatic rings. The van der Waals surface area contributed by atoms with Gasteiger partial charge < -0.3 is 15.8 Å². The fourth-order valence-electron chi connectivity index (χ4n) is 1.34. The molecule has 0 aromatic rings. The number of nitrogens with two attached hydrogens (primary N) is 1. The molecule has 0 amide bonds. The van der Waals surface area contributed by atoms with E-state index in [2.05, 4.69) is 10.3 Å². The summed E-state index contributed by atoms with van der Waals surface area (Å²) in [6.45, 7) is 2.05. The Morgan fingerprint density at radius 3 is 2.59 bits per heavy atom. The fraction of sp³-hybridized carbons (Fsp3) is 0.875. The molecule has 1 heterocycles. The van der Waals surface area contributed by atoms with E-state index >= 15 is 0 Å². The topological polar surface area (TPSA) is 97.0 Å². The highest BCUT2D eigenvalue weighted by atomic mass is 127. The monoisotopic (exact) mass is 378 g/mol. The van der Waals surface area contributed by atoms with Crippen molar-refractivity contribution >= 4 is 40.0 Å². The Hall–Kier alpha value is -0.130. The van der Waals surface area contributed by atoms with E-state index in [1.807, 2.05) is 0 Å². The van der Waals surface area contributed by atoms with E-state index < -0.39 is 10.0 Å². The minimum atomic E-state index is -3.21. The van der Waals surface area contributed by atoms with Crippen LogP contribution in [-0.2, 0) is 14.8 Å². The molecule has 1 aliphatic heterocycles. The first-order valence-corrected chi connectivity index (χ1v) is 6.69. The van der Waals surface area contributed by atoms with Gasteiger partial charge in [-0.1, -0.05) is 0 Å². The van der Waals surface area contributed by atoms with Crippen LogP contribution in [0.25, 0.3) is 0 Å². The van der Waals surface area contributed by atoms with Gasteiger partial charge in [0.15, 0.2) is 5.96 Å². The third-order valence-electron chi connectivity index (χ3n) is 2.27. The smallest absolute Gasteiger partial charge is 0.215 e. The van der Waals surface area contributed by atoms with Crippen molar-refractivity contribution in [1.82, 2.24) is 9.62 Å². The first-order chi connectivity index (χ1) is 7.56. The van der Waals surface area contributed by atoms with E-state index in [1.54, 1.807) is 7.05 Å². The second kappa shape index (κ2) is 8.06. The van der Waals surface area contributed by atoms with Gasteiger partial charge in [0.1, 0.15) is 0 Å². The lowest BCUT2D eigenvalue weighted by Gasteiger charge is -2.26. The predicted molar refractivity (Wildman–Crippen MR) is 77.1 cm³/mol. The first kappa shape index (κ1) is 16.9. The van der Waals surface area contributed by atoms with Crippen molar-refractivity contribution in [3.63, 3.8) is 0 Å². The SMILES string of the molecule is CN=C(N)NCCS(=O)(=O)N1CCOCC1.I. The van der Waals surface area contributed by atoms with Crippen LogP contribution in [0.5, 0.6) is 0 Å². The summed E-state index contributed by atoms with van der Waals surface area (Å²) in [6.07, 6.45) is 0. The van der Waals surface area contributed by atoms with Gasteiger partial charge in [-0.3, -0.25) is 4.99 Å². The largest absolute Gasteiger partial charge is 0.379 e. The summed E-state index contributed by atoms with van der Waals surface area (Å²) in [7, 11) is -1.67. The second-order valence-corrected chi connectivity index (χ2v) is 5.45. The zero-order chi connectivity index (χ0) is 12.0. The second-order valence-electron chi connectivity index (χ2n) is 3.36. The molecule has 9 heteroatoms. The van der Waals surface area contributed by atoms with E-state index in [-0.39, 0.29) is 42.2 Å². The summed E-state index contributed by atoms with van der Waals surface area (Å²) in [6, 6.07) is 0. The number of ether oxygens (including phenoxy) is 1. The Morgan fingerprint density at radius 2 is 2.06 bits per heavy atom. The van der Waals surface area contributed by atoms with E-state index in [0.717, 1.165) is 0 Å². The van der Waals surface area contributed by atoms with Gasteiger partial charge in [0.05, 0.1) is 19.0 Å². The Bertz CT molecular complexity index is 341. The van der Waals surface area contributed by atoms with Gasteiger partial charge in [0, 0.05) is 26.7 Å². The van der Waals surface area contributed by atoms with Crippen LogP contribution in [0.2, 0.25) is 0 Å². The number of halogens is 1. The number of nitrogens with one attached hydrogen (secondary N) is 1. The molecular weight excluding hydrogens is 359 g/mol. The molecule has 7 nitrogen and oxygen atoms in total. The normalized spacial score (nSPS) is 18.5. The molecule has 0 spiro atoms. The van der Waals surface area contributed by atoms with Crippen LogP contribution < -0.4 is 11.1 Å². The molecule has 17 heavy (non-hydrogen) atoms. The molecule has 102 valence electrons. The van der Waals surface area contributed by atoms with Crippen molar-refractivity contribution in [2.45, 2.75) is 0 Å². The lowest BCUT2D eigenvalue weighted by Crippen LogP contribution is -2.44. The third kappa shape index (κ3) is 5.84. The van der Waals surface area contributed by atoms with E-state index in [4.69, 9.17) is 10.5 Å². The predicted octanol–water partition coefficient (Wildman–Crippen LogP) is -1.20. The first-order valence-electron chi connectivity index (χ1n) is 5.08. The molecule has 0 bridgehead atoms. The van der Waals surface area contributed by atoms with E-state index in [0.29, 0.717) is 26.3 Å². The number of nitrogens with zero attached hydrogens (tertiary/aromatic N) is 2. The van der Waals surface area contributed by atoms with Crippen molar-refractivity contribution in [2.75, 3.05) is 45.6 Å². The number of hydrogen-bond donors (Lipinski definition) is 2. The van der Waals surface area contributed by atoms with Crippen molar-refractivity contribution in [3.8, 4) is 0 Å². The highest BCUT2D eigenvalue weighted by Gasteiger charge is 2.23. The summed E-state index contributed by atoms with van der Waals surface area (Å²) in [5, 5.41) is 2.72. The minimum Gasteiger partial charge on any atom is -0.379 e. The van der Waals surface area contributed by atoms with Crippen LogP contribution >= 0.6 is 24.0 Å². The van der Waals surface area contributed by atoms with Gasteiger partial charge >= 0.3 is 0 Å². The molecule has 0 unspecified atom stereocenters. The molecule has 1 saturated heterocycles. The molecule has 0 aromatic heterocycles. The zero-order valence-corrected chi connectivity index (χ0v) is 12.9. The van der Waals surface area contributed by atoms with Gasteiger partial charge in [-0.2, -0.15) is 4.31 Å². The lowest BCUT2D eigenvalue weighted by molar-refractivity contribution is 0.0730. The molecule has 1 fully saturated rings. The quantitative estimate of drug-likeness (QED) is 0.364. The number of rotatable bonds is 4. The number of sulfonamides is 1. The Labute approximate surface area is 119 Å². The summed E-state index contributed by atoms with van der Waals surface area (Å²) < 4.78 is 30.1. The third-order valence-corrected chi connectivity index (χ3v) is 4.14. The average molecular weight is 378 g/mol. The number of guanidine groups is 1. The molecule has 0 aliphatic carbocycles. The summed E-state index contributed by atoms with van der Waals surface area (Å²) in [5.41, 5.74) is 5.39. The molecular formula is C8H19IN4O3S. The van der Waals surface area contributed by atoms with Crippen molar-refractivity contribution in [1.29, 1.82) is 0 Å². The minimum absolute atomic E-state index is 0. The standard InChI is InChI=1S/C8H18N4O3S.HI/c1-10-8(9)11-2-7-16(13,14)12-3-5-15-6-4-12;/h2-7H2,1H3,(H3,9,10,11);1H. The maximum absolute atomic E-state index is 11.8. The van der Waals surface area contributed by atoms with Gasteiger partial charge in [-0.25, -0.2) is 8.42 Å². The molecule has 1 rings (SSSR count). The van der Waals surface area contributed by atoms with E-state index in [1.165, 1.54) is 4.31 Å². The van der Waals surface area contributed by atoms with Crippen LogP contribution in [0, 0.1) is 0 Å². The molecule has 0 radical (unpaired) electrons. The molecule has 3 N–H and O–H groups in total. The van der Waals surface area contributed by atoms with Crippen LogP contribution in [0.3, 0.4) is 0 Å². The van der Waals surface area contributed by atoms with Crippen LogP contribution in [0.15, 0.2) is 4.99 Å². The maximum atomic E-state index is 11.8. The number of hydrogen-bond acceptors (Lipinski definition) is 4. The van der Waals surface area contributed by atoms with Crippen molar-refractivity contribution < 1.29 is 13.2 Å². The van der Waals surface area contributed by atoms with Gasteiger partial charge in [0.25, 0.3) is 0 Å². The van der Waals surface area contributed by atoms with Gasteiger partial charge in [-0.05, 0) is 0 Å². The fourth-order valence-corrected chi connectivity index (χ4v) is 2.66. The molecule has 0 atom stereocenters. The maximum Gasteiger partial charge on any atom is 0.215 e. The van der Waals surface area contributed by atoms with Crippen molar-refractivity contribution in [2.24, 2.45) is 10.7 Å². The number of aliphatic imine (C=N–C) groups is 1. The zero-order valence-electron chi connectivity index (χ0n) is 9.76. The van der Waals surface area contributed by atoms with Crippen LogP contribution in [0.1, 0.15) is 0 Å². The molecule has 0 aromatic carbocycles. The Kier molecular flexibility index (Phi) is 8.00. The highest BCUT2D eigenvalue weighted by molar-refractivity contribution is 14.0. The highest BCUT2D eigenvalue weighted by Crippen LogP contribution is 2.04. The number of morpholine rings is 1. The van der Waals surface area contributed by atoms with E-state index in [9.17, 15) is 8.42 Å². The summed E-state index contributed by atoms with van der Waals surface area (Å²) in [4.78, 5) is 3.68. The van der Waals surface area contributed by atoms with Crippen LogP contribution in [0.4, 0.5) is 0 Å². The Balaban J connectivity index is 0.00000256. The summed E-state index contributed by atoms with van der Waals surface area (Å²) in [5.74, 6) is 0.264. The van der Waals surface area contributed by atoms with Gasteiger partial charge in [0.2, 0.25) is 10.0 Å².